The van der Waals surface area contributed by atoms with Crippen molar-refractivity contribution in [2.45, 2.75) is 0 Å². The molecule has 0 aliphatic heterocycles. The van der Waals surface area contributed by atoms with Crippen LogP contribution in [0.4, 0.5) is 0 Å². The van der Waals surface area contributed by atoms with E-state index >= 15 is 0 Å². The van der Waals surface area contributed by atoms with Gasteiger partial charge in [0.1, 0.15) is 10.8 Å². The molecular weight excluding hydrogens is 218 g/mol. The van der Waals surface area contributed by atoms with Crippen LogP contribution in [-0.4, -0.2) is 22.3 Å². The molecule has 0 amide bonds. The Bertz CT molecular complexity index is 491. The molecule has 14 heavy (non-hydrogen) atoms. The summed E-state index contributed by atoms with van der Waals surface area (Å²) < 4.78 is 5.72. The topological polar surface area (TPSA) is 50.8 Å². The lowest BCUT2D eigenvalue weighted by atomic mass is 10.3. The molecule has 72 valence electrons. The van der Waals surface area contributed by atoms with Crippen LogP contribution >= 0.6 is 23.6 Å². The molecule has 0 aliphatic rings. The number of rotatable bonds is 2. The maximum Gasteiger partial charge on any atom is 0.176 e. The van der Waals surface area contributed by atoms with Crippen LogP contribution in [0, 0.1) is 3.95 Å². The Morgan fingerprint density at radius 2 is 2.36 bits per heavy atom. The Balaban J connectivity index is 2.46. The van der Waals surface area contributed by atoms with Crippen LogP contribution < -0.4 is 4.74 Å². The summed E-state index contributed by atoms with van der Waals surface area (Å²) in [4.78, 5) is 4.03. The van der Waals surface area contributed by atoms with Crippen LogP contribution in [0.2, 0.25) is 0 Å². The second kappa shape index (κ2) is 3.85. The lowest BCUT2D eigenvalue weighted by molar-refractivity contribution is 0.413. The number of aromatic nitrogens is 3. The number of methoxy groups -OCH3 is 1. The Kier molecular flexibility index (Phi) is 2.55. The molecule has 0 radical (unpaired) electrons. The molecule has 2 aromatic rings. The summed E-state index contributed by atoms with van der Waals surface area (Å²) in [6, 6.07) is 1.87. The molecule has 2 rings (SSSR count). The van der Waals surface area contributed by atoms with E-state index < -0.39 is 0 Å². The number of hydrogen-bond acceptors (Lipinski definition) is 5. The van der Waals surface area contributed by atoms with E-state index in [0.717, 1.165) is 10.6 Å². The molecule has 0 aromatic carbocycles. The highest BCUT2D eigenvalue weighted by Crippen LogP contribution is 2.23. The molecule has 0 unspecified atom stereocenters. The summed E-state index contributed by atoms with van der Waals surface area (Å²) in [5, 5.41) is 7.60. The minimum atomic E-state index is 0.655. The van der Waals surface area contributed by atoms with Gasteiger partial charge in [-0.05, 0) is 18.3 Å². The van der Waals surface area contributed by atoms with Crippen LogP contribution in [0.25, 0.3) is 10.6 Å². The third-order valence-corrected chi connectivity index (χ3v) is 2.77. The third-order valence-electron chi connectivity index (χ3n) is 1.63. The van der Waals surface area contributed by atoms with Crippen molar-refractivity contribution in [1.29, 1.82) is 0 Å². The van der Waals surface area contributed by atoms with Gasteiger partial charge in [-0.1, -0.05) is 11.3 Å². The molecule has 4 nitrogen and oxygen atoms in total. The first-order valence-electron chi connectivity index (χ1n) is 3.84. The van der Waals surface area contributed by atoms with Crippen molar-refractivity contribution in [2.24, 2.45) is 0 Å². The van der Waals surface area contributed by atoms with Gasteiger partial charge >= 0.3 is 0 Å². The van der Waals surface area contributed by atoms with Gasteiger partial charge in [-0.3, -0.25) is 10.1 Å². The number of ether oxygens (including phenoxy) is 1. The van der Waals surface area contributed by atoms with E-state index in [1.807, 2.05) is 6.07 Å². The fraction of sp³-hybridized carbons (Fsp3) is 0.125. The van der Waals surface area contributed by atoms with E-state index in [1.54, 1.807) is 19.5 Å². The Hall–Kier alpha value is -1.27. The van der Waals surface area contributed by atoms with Crippen molar-refractivity contribution in [3.63, 3.8) is 0 Å². The number of aromatic amines is 1. The number of hydrogen-bond donors (Lipinski definition) is 1. The van der Waals surface area contributed by atoms with E-state index in [0.29, 0.717) is 9.70 Å². The maximum atomic E-state index is 5.06. The summed E-state index contributed by atoms with van der Waals surface area (Å²) in [5.41, 5.74) is 0.904. The van der Waals surface area contributed by atoms with Crippen LogP contribution in [-0.2, 0) is 0 Å². The quantitative estimate of drug-likeness (QED) is 0.797. The lowest BCUT2D eigenvalue weighted by Crippen LogP contribution is -1.85. The van der Waals surface area contributed by atoms with Crippen LogP contribution in [0.1, 0.15) is 0 Å². The lowest BCUT2D eigenvalue weighted by Gasteiger charge is -1.99. The van der Waals surface area contributed by atoms with Gasteiger partial charge in [0.05, 0.1) is 13.3 Å². The first-order chi connectivity index (χ1) is 6.79. The first-order valence-corrected chi connectivity index (χ1v) is 5.07. The monoisotopic (exact) mass is 225 g/mol. The minimum Gasteiger partial charge on any atom is -0.495 e. The Labute approximate surface area is 89.6 Å². The van der Waals surface area contributed by atoms with Crippen molar-refractivity contribution in [1.82, 2.24) is 15.2 Å². The van der Waals surface area contributed by atoms with Gasteiger partial charge < -0.3 is 4.74 Å². The van der Waals surface area contributed by atoms with Crippen molar-refractivity contribution in [3.05, 3.63) is 22.4 Å². The van der Waals surface area contributed by atoms with Gasteiger partial charge in [0.25, 0.3) is 0 Å². The van der Waals surface area contributed by atoms with Crippen molar-refractivity contribution >= 4 is 23.6 Å². The van der Waals surface area contributed by atoms with Crippen molar-refractivity contribution in [2.75, 3.05) is 7.11 Å². The second-order valence-electron chi connectivity index (χ2n) is 2.53. The molecule has 0 aliphatic carbocycles. The van der Waals surface area contributed by atoms with Crippen LogP contribution in [0.15, 0.2) is 18.5 Å². The molecule has 0 fully saturated rings. The fourth-order valence-electron chi connectivity index (χ4n) is 1.00. The van der Waals surface area contributed by atoms with Gasteiger partial charge in [0.2, 0.25) is 0 Å². The summed E-state index contributed by atoms with van der Waals surface area (Å²) in [6.45, 7) is 0. The summed E-state index contributed by atoms with van der Waals surface area (Å²) in [6.07, 6.45) is 3.37. The normalized spacial score (nSPS) is 10.1. The number of nitrogens with one attached hydrogen (secondary N) is 1. The highest BCUT2D eigenvalue weighted by atomic mass is 32.1. The first kappa shape index (κ1) is 9.29. The number of H-pyrrole nitrogens is 1. The van der Waals surface area contributed by atoms with Crippen molar-refractivity contribution < 1.29 is 4.74 Å². The average molecular weight is 225 g/mol. The van der Waals surface area contributed by atoms with Gasteiger partial charge in [-0.25, -0.2) is 0 Å². The molecule has 1 N–H and O–H groups in total. The fourth-order valence-corrected chi connectivity index (χ4v) is 1.87. The van der Waals surface area contributed by atoms with E-state index in [-0.39, 0.29) is 0 Å². The minimum absolute atomic E-state index is 0.655. The smallest absolute Gasteiger partial charge is 0.176 e. The zero-order valence-corrected chi connectivity index (χ0v) is 8.98. The predicted octanol–water partition coefficient (Wildman–Crippen LogP) is 2.27. The van der Waals surface area contributed by atoms with Crippen LogP contribution in [0.5, 0.6) is 5.75 Å². The molecule has 0 saturated carbocycles. The van der Waals surface area contributed by atoms with E-state index in [1.165, 1.54) is 11.3 Å². The number of nitrogens with zero attached hydrogens (tertiary/aromatic N) is 2. The highest BCUT2D eigenvalue weighted by molar-refractivity contribution is 7.73. The standard InChI is InChI=1S/C8H7N3OS2/c1-12-6-2-5(3-9-4-6)7-10-11-8(13)14-7/h2-4H,1H3,(H,11,13). The van der Waals surface area contributed by atoms with E-state index in [4.69, 9.17) is 17.0 Å². The molecule has 0 atom stereocenters. The maximum absolute atomic E-state index is 5.06. The Morgan fingerprint density at radius 1 is 1.50 bits per heavy atom. The largest absolute Gasteiger partial charge is 0.495 e. The van der Waals surface area contributed by atoms with Crippen molar-refractivity contribution in [3.8, 4) is 16.3 Å². The molecule has 2 heterocycles. The molecule has 0 spiro atoms. The van der Waals surface area contributed by atoms with Crippen LogP contribution in [0.3, 0.4) is 0 Å². The zero-order valence-electron chi connectivity index (χ0n) is 7.35. The van der Waals surface area contributed by atoms with Gasteiger partial charge in [0, 0.05) is 11.8 Å². The zero-order chi connectivity index (χ0) is 9.97. The summed E-state index contributed by atoms with van der Waals surface area (Å²) >= 11 is 6.36. The molecular formula is C8H7N3OS2. The van der Waals surface area contributed by atoms with Gasteiger partial charge in [-0.15, -0.1) is 0 Å². The highest BCUT2D eigenvalue weighted by Gasteiger charge is 2.03. The summed E-state index contributed by atoms with van der Waals surface area (Å²) in [7, 11) is 1.60. The predicted molar refractivity (Wildman–Crippen MR) is 57.1 cm³/mol. The SMILES string of the molecule is COc1cncc(-c2n[nH]c(=S)s2)c1. The molecule has 0 bridgehead atoms. The van der Waals surface area contributed by atoms with E-state index in [9.17, 15) is 0 Å². The average Bonchev–Trinajstić information content (AvgIpc) is 2.65. The molecule has 2 aromatic heterocycles. The summed E-state index contributed by atoms with van der Waals surface area (Å²) in [5.74, 6) is 0.712. The number of pyridine rings is 1. The van der Waals surface area contributed by atoms with Gasteiger partial charge in [0.15, 0.2) is 3.95 Å². The third kappa shape index (κ3) is 1.80. The second-order valence-corrected chi connectivity index (χ2v) is 4.20. The van der Waals surface area contributed by atoms with E-state index in [2.05, 4.69) is 15.2 Å². The molecule has 0 saturated heterocycles. The Morgan fingerprint density at radius 3 is 3.00 bits per heavy atom. The molecule has 6 heteroatoms. The van der Waals surface area contributed by atoms with Gasteiger partial charge in [-0.2, -0.15) is 5.10 Å².